The lowest BCUT2D eigenvalue weighted by Crippen LogP contribution is -1.91. The van der Waals surface area contributed by atoms with Gasteiger partial charge in [-0.1, -0.05) is 0 Å². The number of halogens is 2. The minimum Gasteiger partial charge on any atom is -0.397 e. The third kappa shape index (κ3) is 1.40. The van der Waals surface area contributed by atoms with Crippen molar-refractivity contribution < 1.29 is 14.3 Å². The Morgan fingerprint density at radius 3 is 3.00 bits per heavy atom. The Kier molecular flexibility index (Phi) is 0.850. The topological polar surface area (TPSA) is 38.9 Å². The molecule has 0 atom stereocenters. The van der Waals surface area contributed by atoms with Gasteiger partial charge in [-0.2, -0.15) is 0 Å². The predicted octanol–water partition coefficient (Wildman–Crippen LogP) is 1.60. The SMILES string of the molecule is [2H]c1nc(C([2H])(F)F)c([2H])c([2H])c1N. The Morgan fingerprint density at radius 2 is 2.40 bits per heavy atom. The van der Waals surface area contributed by atoms with Crippen molar-refractivity contribution in [2.75, 3.05) is 5.73 Å². The van der Waals surface area contributed by atoms with Crippen LogP contribution in [0.2, 0.25) is 0 Å². The van der Waals surface area contributed by atoms with Gasteiger partial charge in [0.1, 0.15) is 7.06 Å². The van der Waals surface area contributed by atoms with Gasteiger partial charge in [-0.3, -0.25) is 4.98 Å². The summed E-state index contributed by atoms with van der Waals surface area (Å²) in [7, 11) is 0. The molecule has 0 aromatic carbocycles. The summed E-state index contributed by atoms with van der Waals surface area (Å²) < 4.78 is 52.5. The van der Waals surface area contributed by atoms with Crippen LogP contribution in [0.3, 0.4) is 0 Å². The Balaban J connectivity index is 3.49. The monoisotopic (exact) mass is 148 g/mol. The van der Waals surface area contributed by atoms with E-state index < -0.39 is 36.0 Å². The lowest BCUT2D eigenvalue weighted by atomic mass is 10.3. The maximum absolute atomic E-state index is 12.5. The van der Waals surface area contributed by atoms with Gasteiger partial charge >= 0.3 is 0 Å². The molecule has 0 saturated heterocycles. The molecule has 54 valence electrons. The molecule has 0 saturated carbocycles. The molecule has 1 rings (SSSR count). The lowest BCUT2D eigenvalue weighted by molar-refractivity contribution is 0.146. The largest absolute Gasteiger partial charge is 0.397 e. The molecule has 10 heavy (non-hydrogen) atoms. The quantitative estimate of drug-likeness (QED) is 0.657. The highest BCUT2D eigenvalue weighted by molar-refractivity contribution is 5.34. The van der Waals surface area contributed by atoms with Gasteiger partial charge in [-0.25, -0.2) is 8.78 Å². The molecular formula is C6H6F2N2. The van der Waals surface area contributed by atoms with Gasteiger partial charge in [0, 0.05) is 0 Å². The number of anilines is 1. The molecule has 4 heteroatoms. The second-order valence-electron chi connectivity index (χ2n) is 1.50. The smallest absolute Gasteiger partial charge is 0.280 e. The summed E-state index contributed by atoms with van der Waals surface area (Å²) >= 11 is 0. The number of nitrogens with zero attached hydrogens (tertiary/aromatic N) is 1. The maximum Gasteiger partial charge on any atom is 0.280 e. The summed E-state index contributed by atoms with van der Waals surface area (Å²) in [6.45, 7) is 0. The molecule has 0 aliphatic carbocycles. The van der Waals surface area contributed by atoms with E-state index in [1.165, 1.54) is 0 Å². The molecule has 0 aliphatic rings. The minimum absolute atomic E-state index is 0.442. The summed E-state index contributed by atoms with van der Waals surface area (Å²) in [5.41, 5.74) is 3.47. The molecule has 0 aliphatic heterocycles. The van der Waals surface area contributed by atoms with Crippen molar-refractivity contribution in [2.45, 2.75) is 6.40 Å². The molecule has 0 radical (unpaired) electrons. The van der Waals surface area contributed by atoms with E-state index >= 15 is 0 Å². The van der Waals surface area contributed by atoms with Gasteiger partial charge in [-0.05, 0) is 12.1 Å². The third-order valence-electron chi connectivity index (χ3n) is 0.783. The third-order valence-corrected chi connectivity index (χ3v) is 0.783. The van der Waals surface area contributed by atoms with E-state index in [-0.39, 0.29) is 0 Å². The summed E-state index contributed by atoms with van der Waals surface area (Å²) in [5, 5.41) is 0. The fraction of sp³-hybridized carbons (Fsp3) is 0.167. The van der Waals surface area contributed by atoms with Crippen LogP contribution >= 0.6 is 0 Å². The number of alkyl halides is 2. The van der Waals surface area contributed by atoms with E-state index in [9.17, 15) is 8.78 Å². The van der Waals surface area contributed by atoms with Crippen LogP contribution in [-0.4, -0.2) is 4.98 Å². The van der Waals surface area contributed by atoms with E-state index in [2.05, 4.69) is 4.98 Å². The van der Waals surface area contributed by atoms with Crippen LogP contribution in [0.25, 0.3) is 0 Å². The number of aromatic nitrogens is 1. The zero-order valence-corrected chi connectivity index (χ0v) is 4.78. The number of hydrogen-bond acceptors (Lipinski definition) is 2. The number of rotatable bonds is 1. The molecule has 2 nitrogen and oxygen atoms in total. The second-order valence-corrected chi connectivity index (χ2v) is 1.50. The van der Waals surface area contributed by atoms with Crippen LogP contribution in [0.15, 0.2) is 18.3 Å². The molecule has 2 N–H and O–H groups in total. The van der Waals surface area contributed by atoms with Gasteiger partial charge in [0.25, 0.3) is 6.40 Å². The van der Waals surface area contributed by atoms with Gasteiger partial charge in [0.2, 0.25) is 0 Å². The van der Waals surface area contributed by atoms with Gasteiger partial charge < -0.3 is 5.73 Å². The maximum atomic E-state index is 12.5. The summed E-state index contributed by atoms with van der Waals surface area (Å²) in [4.78, 5) is 3.00. The number of nitrogens with two attached hydrogens (primary N) is 1. The highest BCUT2D eigenvalue weighted by Gasteiger charge is 2.06. The summed E-state index contributed by atoms with van der Waals surface area (Å²) in [6, 6.07) is -1.62. The summed E-state index contributed by atoms with van der Waals surface area (Å²) in [5.74, 6) is 0. The van der Waals surface area contributed by atoms with Crippen LogP contribution < -0.4 is 5.73 Å². The fourth-order valence-electron chi connectivity index (χ4n) is 0.388. The highest BCUT2D eigenvalue weighted by atomic mass is 19.3. The van der Waals surface area contributed by atoms with Crippen LogP contribution in [-0.2, 0) is 0 Å². The van der Waals surface area contributed by atoms with Gasteiger partial charge in [0.05, 0.1) is 16.0 Å². The van der Waals surface area contributed by atoms with Crippen LogP contribution in [0.5, 0.6) is 0 Å². The van der Waals surface area contributed by atoms with Crippen molar-refractivity contribution in [2.24, 2.45) is 0 Å². The first kappa shape index (κ1) is 3.27. The fourth-order valence-corrected chi connectivity index (χ4v) is 0.388. The van der Waals surface area contributed by atoms with E-state index in [0.29, 0.717) is 0 Å². The normalized spacial score (nSPS) is 17.0. The van der Waals surface area contributed by atoms with Crippen LogP contribution in [0.4, 0.5) is 14.5 Å². The molecule has 0 amide bonds. The Hall–Kier alpha value is -1.19. The number of hydrogen-bond donors (Lipinski definition) is 1. The second kappa shape index (κ2) is 2.60. The first-order valence-electron chi connectivity index (χ1n) is 4.36. The molecule has 0 spiro atoms. The Morgan fingerprint density at radius 1 is 1.70 bits per heavy atom. The van der Waals surface area contributed by atoms with Crippen molar-refractivity contribution in [3.05, 3.63) is 24.0 Å². The number of nitrogen functional groups attached to an aromatic ring is 1. The minimum atomic E-state index is -4.09. The first-order valence-corrected chi connectivity index (χ1v) is 2.36. The van der Waals surface area contributed by atoms with Crippen molar-refractivity contribution in [1.82, 2.24) is 4.98 Å². The molecule has 0 unspecified atom stereocenters. The highest BCUT2D eigenvalue weighted by Crippen LogP contribution is 2.15. The zero-order chi connectivity index (χ0) is 11.1. The molecule has 1 heterocycles. The summed E-state index contributed by atoms with van der Waals surface area (Å²) in [6.07, 6.45) is -4.80. The Bertz CT molecular complexity index is 377. The lowest BCUT2D eigenvalue weighted by Gasteiger charge is -1.96. The number of pyridine rings is 1. The predicted molar refractivity (Wildman–Crippen MR) is 33.6 cm³/mol. The zero-order valence-electron chi connectivity index (χ0n) is 8.78. The van der Waals surface area contributed by atoms with Crippen molar-refractivity contribution in [3.8, 4) is 0 Å². The van der Waals surface area contributed by atoms with Crippen LogP contribution in [0, 0.1) is 0 Å². The van der Waals surface area contributed by atoms with Gasteiger partial charge in [0.15, 0.2) is 0 Å². The molecule has 0 fully saturated rings. The van der Waals surface area contributed by atoms with Gasteiger partial charge in [-0.15, -0.1) is 0 Å². The van der Waals surface area contributed by atoms with E-state index in [0.717, 1.165) is 0 Å². The van der Waals surface area contributed by atoms with Crippen molar-refractivity contribution in [3.63, 3.8) is 0 Å². The van der Waals surface area contributed by atoms with Crippen molar-refractivity contribution >= 4 is 5.69 Å². The first-order chi connectivity index (χ1) is 6.25. The Labute approximate surface area is 62.3 Å². The van der Waals surface area contributed by atoms with Crippen LogP contribution in [0.1, 0.15) is 17.6 Å². The molecule has 1 aromatic rings. The molecule has 0 bridgehead atoms. The van der Waals surface area contributed by atoms with E-state index in [1.807, 2.05) is 0 Å². The molecular weight excluding hydrogens is 138 g/mol. The standard InChI is InChI=1S/C6H6F2N2/c7-6(8)5-2-1-4(9)3-10-5/h1-3,6H,9H2/i1D,2D,3D,6D. The average molecular weight is 148 g/mol. The van der Waals surface area contributed by atoms with E-state index in [4.69, 9.17) is 11.2 Å². The van der Waals surface area contributed by atoms with E-state index in [1.54, 1.807) is 0 Å². The molecule has 1 aromatic heterocycles. The average Bonchev–Trinajstić information content (AvgIpc) is 2.06. The van der Waals surface area contributed by atoms with Crippen molar-refractivity contribution in [1.29, 1.82) is 0 Å².